The Balaban J connectivity index is 1.51. The number of aromatic nitrogens is 1. The summed E-state index contributed by atoms with van der Waals surface area (Å²) in [5.74, 6) is -0.378. The van der Waals surface area contributed by atoms with Gasteiger partial charge in [0.2, 0.25) is 5.91 Å². The third kappa shape index (κ3) is 4.97. The summed E-state index contributed by atoms with van der Waals surface area (Å²) in [6.07, 6.45) is 0.192. The van der Waals surface area contributed by atoms with Crippen LogP contribution in [0.1, 0.15) is 5.69 Å². The van der Waals surface area contributed by atoms with Gasteiger partial charge in [-0.1, -0.05) is 0 Å². The first-order chi connectivity index (χ1) is 12.1. The molecule has 0 radical (unpaired) electrons. The standard InChI is InChI=1S/C16H17FN4O3S/c17-11-1-3-12(4-2-11)18-15(23)20-16-19-13(10-25-16)9-14(22)21-5-7-24-8-6-21/h1-4,10H,5-9H2,(H2,18,19,20,23). The highest BCUT2D eigenvalue weighted by Gasteiger charge is 2.18. The monoisotopic (exact) mass is 364 g/mol. The second-order valence-corrected chi connectivity index (χ2v) is 6.26. The molecule has 1 fully saturated rings. The van der Waals surface area contributed by atoms with Crippen molar-refractivity contribution in [3.05, 3.63) is 41.2 Å². The van der Waals surface area contributed by atoms with Gasteiger partial charge < -0.3 is 15.0 Å². The number of nitrogens with zero attached hydrogens (tertiary/aromatic N) is 2. The number of rotatable bonds is 4. The number of halogens is 1. The Morgan fingerprint density at radius 1 is 1.20 bits per heavy atom. The number of morpholine rings is 1. The fourth-order valence-corrected chi connectivity index (χ4v) is 3.02. The van der Waals surface area contributed by atoms with Gasteiger partial charge in [-0.15, -0.1) is 11.3 Å². The average molecular weight is 364 g/mol. The first-order valence-corrected chi connectivity index (χ1v) is 8.61. The van der Waals surface area contributed by atoms with E-state index >= 15 is 0 Å². The molecule has 0 aliphatic carbocycles. The smallest absolute Gasteiger partial charge is 0.325 e. The van der Waals surface area contributed by atoms with Crippen LogP contribution in [0.4, 0.5) is 20.0 Å². The number of ether oxygens (including phenoxy) is 1. The number of hydrogen-bond donors (Lipinski definition) is 2. The van der Waals surface area contributed by atoms with Crippen molar-refractivity contribution >= 4 is 34.1 Å². The molecule has 0 saturated carbocycles. The number of benzene rings is 1. The Kier molecular flexibility index (Phi) is 5.56. The fraction of sp³-hybridized carbons (Fsp3) is 0.312. The summed E-state index contributed by atoms with van der Waals surface area (Å²) in [5.41, 5.74) is 1.08. The van der Waals surface area contributed by atoms with Gasteiger partial charge in [-0.3, -0.25) is 10.1 Å². The van der Waals surface area contributed by atoms with Crippen LogP contribution < -0.4 is 10.6 Å². The van der Waals surface area contributed by atoms with Crippen LogP contribution in [0.5, 0.6) is 0 Å². The molecule has 9 heteroatoms. The summed E-state index contributed by atoms with van der Waals surface area (Å²) >= 11 is 1.24. The molecule has 3 rings (SSSR count). The normalized spacial score (nSPS) is 14.2. The molecule has 2 aromatic rings. The SMILES string of the molecule is O=C(Nc1ccc(F)cc1)Nc1nc(CC(=O)N2CCOCC2)cs1. The summed E-state index contributed by atoms with van der Waals surface area (Å²) in [5, 5.41) is 7.31. The van der Waals surface area contributed by atoms with Crippen LogP contribution in [0.15, 0.2) is 29.6 Å². The van der Waals surface area contributed by atoms with Crippen LogP contribution in [-0.2, 0) is 16.0 Å². The van der Waals surface area contributed by atoms with Crippen LogP contribution >= 0.6 is 11.3 Å². The van der Waals surface area contributed by atoms with Crippen LogP contribution in [0, 0.1) is 5.82 Å². The van der Waals surface area contributed by atoms with Crippen molar-refractivity contribution in [1.82, 2.24) is 9.88 Å². The van der Waals surface area contributed by atoms with Gasteiger partial charge in [0.1, 0.15) is 5.82 Å². The molecule has 1 aliphatic heterocycles. The molecule has 25 heavy (non-hydrogen) atoms. The van der Waals surface area contributed by atoms with Crippen molar-refractivity contribution in [2.75, 3.05) is 36.9 Å². The van der Waals surface area contributed by atoms with Crippen LogP contribution in [0.25, 0.3) is 0 Å². The minimum atomic E-state index is -0.480. The Labute approximate surface area is 147 Å². The number of thiazole rings is 1. The molecule has 0 unspecified atom stereocenters. The van der Waals surface area contributed by atoms with Gasteiger partial charge in [-0.25, -0.2) is 14.2 Å². The summed E-state index contributed by atoms with van der Waals surface area (Å²) in [6.45, 7) is 2.29. The molecule has 3 amide bonds. The second-order valence-electron chi connectivity index (χ2n) is 5.40. The van der Waals surface area contributed by atoms with Gasteiger partial charge in [-0.05, 0) is 24.3 Å². The van der Waals surface area contributed by atoms with Gasteiger partial charge in [-0.2, -0.15) is 0 Å². The molecular weight excluding hydrogens is 347 g/mol. The van der Waals surface area contributed by atoms with Gasteiger partial charge in [0.05, 0.1) is 25.3 Å². The summed E-state index contributed by atoms with van der Waals surface area (Å²) in [6, 6.07) is 4.96. The molecule has 0 atom stereocenters. The van der Waals surface area contributed by atoms with Crippen molar-refractivity contribution in [3.63, 3.8) is 0 Å². The molecule has 7 nitrogen and oxygen atoms in total. The van der Waals surface area contributed by atoms with Crippen LogP contribution in [-0.4, -0.2) is 48.1 Å². The Morgan fingerprint density at radius 2 is 1.92 bits per heavy atom. The lowest BCUT2D eigenvalue weighted by Crippen LogP contribution is -2.41. The molecule has 132 valence electrons. The van der Waals surface area contributed by atoms with E-state index in [1.165, 1.54) is 35.6 Å². The zero-order chi connectivity index (χ0) is 17.6. The molecule has 1 aromatic heterocycles. The number of hydrogen-bond acceptors (Lipinski definition) is 5. The molecule has 1 aromatic carbocycles. The van der Waals surface area contributed by atoms with E-state index in [2.05, 4.69) is 15.6 Å². The predicted octanol–water partition coefficient (Wildman–Crippen LogP) is 2.33. The lowest BCUT2D eigenvalue weighted by atomic mass is 10.3. The quantitative estimate of drug-likeness (QED) is 0.872. The van der Waals surface area contributed by atoms with E-state index in [1.807, 2.05) is 0 Å². The third-order valence-corrected chi connectivity index (χ3v) is 4.38. The maximum absolute atomic E-state index is 12.8. The number of urea groups is 1. The average Bonchev–Trinajstić information content (AvgIpc) is 3.04. The Morgan fingerprint density at radius 3 is 2.64 bits per heavy atom. The summed E-state index contributed by atoms with van der Waals surface area (Å²) in [7, 11) is 0. The third-order valence-electron chi connectivity index (χ3n) is 3.57. The number of carbonyl (C=O) groups excluding carboxylic acids is 2. The fourth-order valence-electron chi connectivity index (χ4n) is 2.32. The Hall–Kier alpha value is -2.52. The lowest BCUT2D eigenvalue weighted by molar-refractivity contribution is -0.134. The molecule has 1 aliphatic rings. The van der Waals surface area contributed by atoms with E-state index < -0.39 is 6.03 Å². The van der Waals surface area contributed by atoms with Crippen LogP contribution in [0.2, 0.25) is 0 Å². The topological polar surface area (TPSA) is 83.6 Å². The van der Waals surface area contributed by atoms with E-state index in [1.54, 1.807) is 10.3 Å². The molecule has 0 spiro atoms. The largest absolute Gasteiger partial charge is 0.378 e. The summed E-state index contributed by atoms with van der Waals surface area (Å²) in [4.78, 5) is 30.1. The number of nitrogens with one attached hydrogen (secondary N) is 2. The summed E-state index contributed by atoms with van der Waals surface area (Å²) < 4.78 is 18.1. The van der Waals surface area contributed by atoms with Gasteiger partial charge in [0, 0.05) is 24.2 Å². The van der Waals surface area contributed by atoms with Crippen molar-refractivity contribution < 1.29 is 18.7 Å². The van der Waals surface area contributed by atoms with Crippen molar-refractivity contribution in [2.45, 2.75) is 6.42 Å². The van der Waals surface area contributed by atoms with Crippen molar-refractivity contribution in [3.8, 4) is 0 Å². The molecular formula is C16H17FN4O3S. The zero-order valence-electron chi connectivity index (χ0n) is 13.3. The minimum absolute atomic E-state index is 0.00378. The first-order valence-electron chi connectivity index (χ1n) is 7.73. The van der Waals surface area contributed by atoms with E-state index in [0.717, 1.165) is 0 Å². The van der Waals surface area contributed by atoms with Gasteiger partial charge >= 0.3 is 6.03 Å². The number of carbonyl (C=O) groups is 2. The first kappa shape index (κ1) is 17.3. The van der Waals surface area contributed by atoms with Crippen molar-refractivity contribution in [1.29, 1.82) is 0 Å². The maximum Gasteiger partial charge on any atom is 0.325 e. The minimum Gasteiger partial charge on any atom is -0.378 e. The lowest BCUT2D eigenvalue weighted by Gasteiger charge is -2.26. The highest BCUT2D eigenvalue weighted by Crippen LogP contribution is 2.17. The van der Waals surface area contributed by atoms with Gasteiger partial charge in [0.15, 0.2) is 5.13 Å². The maximum atomic E-state index is 12.8. The predicted molar refractivity (Wildman–Crippen MR) is 92.3 cm³/mol. The highest BCUT2D eigenvalue weighted by atomic mass is 32.1. The molecule has 0 bridgehead atoms. The molecule has 2 heterocycles. The van der Waals surface area contributed by atoms with E-state index in [0.29, 0.717) is 42.8 Å². The van der Waals surface area contributed by atoms with E-state index in [4.69, 9.17) is 4.74 Å². The van der Waals surface area contributed by atoms with Crippen molar-refractivity contribution in [2.24, 2.45) is 0 Å². The number of anilines is 2. The second kappa shape index (κ2) is 8.04. The highest BCUT2D eigenvalue weighted by molar-refractivity contribution is 7.14. The number of amides is 3. The Bertz CT molecular complexity index is 744. The molecule has 2 N–H and O–H groups in total. The molecule has 1 saturated heterocycles. The van der Waals surface area contributed by atoms with Gasteiger partial charge in [0.25, 0.3) is 0 Å². The zero-order valence-corrected chi connectivity index (χ0v) is 14.1. The van der Waals surface area contributed by atoms with E-state index in [9.17, 15) is 14.0 Å². The van der Waals surface area contributed by atoms with E-state index in [-0.39, 0.29) is 18.1 Å². The van der Waals surface area contributed by atoms with Crippen LogP contribution in [0.3, 0.4) is 0 Å².